The molecule has 0 radical (unpaired) electrons. The van der Waals surface area contributed by atoms with Crippen molar-refractivity contribution in [3.63, 3.8) is 0 Å². The minimum absolute atomic E-state index is 0.134. The predicted molar refractivity (Wildman–Crippen MR) is 81.2 cm³/mol. The number of hydrogen-bond donors (Lipinski definition) is 1. The monoisotopic (exact) mass is 281 g/mol. The van der Waals surface area contributed by atoms with E-state index in [9.17, 15) is 0 Å². The Morgan fingerprint density at radius 3 is 2.50 bits per heavy atom. The Bertz CT molecular complexity index is 413. The van der Waals surface area contributed by atoms with Crippen molar-refractivity contribution >= 4 is 0 Å². The van der Waals surface area contributed by atoms with Crippen LogP contribution in [0.5, 0.6) is 5.75 Å². The van der Waals surface area contributed by atoms with E-state index in [1.165, 1.54) is 0 Å². The summed E-state index contributed by atoms with van der Waals surface area (Å²) >= 11 is 0. The molecule has 0 heterocycles. The van der Waals surface area contributed by atoms with Crippen LogP contribution in [0.4, 0.5) is 0 Å². The third kappa shape index (κ3) is 5.90. The van der Waals surface area contributed by atoms with E-state index in [0.717, 1.165) is 16.9 Å². The van der Waals surface area contributed by atoms with Gasteiger partial charge in [0.2, 0.25) is 0 Å². The van der Waals surface area contributed by atoms with Crippen LogP contribution in [-0.4, -0.2) is 32.5 Å². The van der Waals surface area contributed by atoms with Crippen molar-refractivity contribution < 1.29 is 14.2 Å². The Balaban J connectivity index is 2.43. The van der Waals surface area contributed by atoms with Crippen LogP contribution in [0.25, 0.3) is 0 Å². The van der Waals surface area contributed by atoms with E-state index in [1.54, 1.807) is 7.11 Å². The second-order valence-electron chi connectivity index (χ2n) is 5.89. The lowest BCUT2D eigenvalue weighted by Gasteiger charge is -2.20. The quantitative estimate of drug-likeness (QED) is 0.781. The standard InChI is InChI=1S/C16H27NO3/c1-12-6-7-15(18-5)13(10-12)14(17)11-19-8-9-20-16(2,3)4/h6-7,10,14H,8-9,11,17H2,1-5H3. The van der Waals surface area contributed by atoms with Gasteiger partial charge in [0.05, 0.1) is 38.6 Å². The topological polar surface area (TPSA) is 53.7 Å². The Labute approximate surface area is 122 Å². The van der Waals surface area contributed by atoms with Gasteiger partial charge < -0.3 is 19.9 Å². The normalized spacial score (nSPS) is 13.3. The molecule has 1 rings (SSSR count). The highest BCUT2D eigenvalue weighted by Crippen LogP contribution is 2.25. The lowest BCUT2D eigenvalue weighted by atomic mass is 10.0. The molecule has 2 N–H and O–H groups in total. The Morgan fingerprint density at radius 2 is 1.90 bits per heavy atom. The average molecular weight is 281 g/mol. The molecule has 0 spiro atoms. The number of ether oxygens (including phenoxy) is 3. The van der Waals surface area contributed by atoms with Crippen LogP contribution in [0.2, 0.25) is 0 Å². The Hall–Kier alpha value is -1.10. The third-order valence-corrected chi connectivity index (χ3v) is 2.84. The van der Waals surface area contributed by atoms with Crippen LogP contribution in [0.3, 0.4) is 0 Å². The number of benzene rings is 1. The minimum atomic E-state index is -0.195. The second-order valence-corrected chi connectivity index (χ2v) is 5.89. The highest BCUT2D eigenvalue weighted by Gasteiger charge is 2.13. The van der Waals surface area contributed by atoms with Gasteiger partial charge >= 0.3 is 0 Å². The maximum Gasteiger partial charge on any atom is 0.123 e. The molecule has 114 valence electrons. The molecule has 0 saturated carbocycles. The fourth-order valence-electron chi connectivity index (χ4n) is 1.85. The molecule has 4 nitrogen and oxygen atoms in total. The van der Waals surface area contributed by atoms with Crippen molar-refractivity contribution in [1.29, 1.82) is 0 Å². The summed E-state index contributed by atoms with van der Waals surface area (Å²) in [6.07, 6.45) is 0. The largest absolute Gasteiger partial charge is 0.496 e. The highest BCUT2D eigenvalue weighted by molar-refractivity contribution is 5.39. The molecule has 1 aromatic carbocycles. The SMILES string of the molecule is COc1ccc(C)cc1C(N)COCCOC(C)(C)C. The van der Waals surface area contributed by atoms with Gasteiger partial charge in [0.1, 0.15) is 5.75 Å². The molecule has 0 aliphatic rings. The summed E-state index contributed by atoms with van der Waals surface area (Å²) in [7, 11) is 1.65. The lowest BCUT2D eigenvalue weighted by molar-refractivity contribution is -0.0364. The van der Waals surface area contributed by atoms with Crippen molar-refractivity contribution in [2.45, 2.75) is 39.3 Å². The van der Waals surface area contributed by atoms with Crippen molar-refractivity contribution in [2.24, 2.45) is 5.73 Å². The van der Waals surface area contributed by atoms with E-state index in [1.807, 2.05) is 45.9 Å². The van der Waals surface area contributed by atoms with Crippen LogP contribution < -0.4 is 10.5 Å². The van der Waals surface area contributed by atoms with Crippen LogP contribution in [-0.2, 0) is 9.47 Å². The summed E-state index contributed by atoms with van der Waals surface area (Å²) in [5.74, 6) is 0.803. The number of hydrogen-bond acceptors (Lipinski definition) is 4. The zero-order chi connectivity index (χ0) is 15.2. The van der Waals surface area contributed by atoms with Crippen LogP contribution in [0, 0.1) is 6.92 Å². The Kier molecular flexibility index (Phi) is 6.46. The molecular weight excluding hydrogens is 254 g/mol. The molecule has 0 aromatic heterocycles. The first-order chi connectivity index (χ1) is 9.33. The average Bonchev–Trinajstić information content (AvgIpc) is 2.36. The van der Waals surface area contributed by atoms with Crippen molar-refractivity contribution in [1.82, 2.24) is 0 Å². The smallest absolute Gasteiger partial charge is 0.123 e. The van der Waals surface area contributed by atoms with Gasteiger partial charge in [0.25, 0.3) is 0 Å². The van der Waals surface area contributed by atoms with Crippen molar-refractivity contribution in [3.05, 3.63) is 29.3 Å². The van der Waals surface area contributed by atoms with E-state index in [-0.39, 0.29) is 11.6 Å². The van der Waals surface area contributed by atoms with Gasteiger partial charge in [0, 0.05) is 5.56 Å². The third-order valence-electron chi connectivity index (χ3n) is 2.84. The summed E-state index contributed by atoms with van der Waals surface area (Å²) in [6, 6.07) is 5.79. The lowest BCUT2D eigenvalue weighted by Crippen LogP contribution is -2.23. The van der Waals surface area contributed by atoms with Crippen LogP contribution in [0.15, 0.2) is 18.2 Å². The van der Waals surface area contributed by atoms with Gasteiger partial charge in [-0.15, -0.1) is 0 Å². The molecule has 0 aliphatic heterocycles. The molecule has 1 unspecified atom stereocenters. The molecule has 0 amide bonds. The first-order valence-electron chi connectivity index (χ1n) is 6.95. The molecule has 1 atom stereocenters. The number of methoxy groups -OCH3 is 1. The first-order valence-corrected chi connectivity index (χ1v) is 6.95. The van der Waals surface area contributed by atoms with Crippen LogP contribution in [0.1, 0.15) is 37.9 Å². The first kappa shape index (κ1) is 17.0. The Morgan fingerprint density at radius 1 is 1.20 bits per heavy atom. The number of nitrogens with two attached hydrogens (primary N) is 1. The van der Waals surface area contributed by atoms with Gasteiger partial charge in [0.15, 0.2) is 0 Å². The molecule has 4 heteroatoms. The second kappa shape index (κ2) is 7.62. The fourth-order valence-corrected chi connectivity index (χ4v) is 1.85. The maximum atomic E-state index is 6.16. The summed E-state index contributed by atoms with van der Waals surface area (Å²) in [6.45, 7) is 9.67. The molecule has 1 aromatic rings. The zero-order valence-corrected chi connectivity index (χ0v) is 13.2. The summed E-state index contributed by atoms with van der Waals surface area (Å²) < 4.78 is 16.5. The minimum Gasteiger partial charge on any atom is -0.496 e. The predicted octanol–water partition coefficient (Wildman–Crippen LogP) is 2.84. The molecule has 0 aliphatic carbocycles. The van der Waals surface area contributed by atoms with Gasteiger partial charge in [-0.3, -0.25) is 0 Å². The molecule has 0 fully saturated rings. The summed E-state index contributed by atoms with van der Waals surface area (Å²) in [5, 5.41) is 0. The van der Waals surface area contributed by atoms with Crippen molar-refractivity contribution in [3.8, 4) is 5.75 Å². The fraction of sp³-hybridized carbons (Fsp3) is 0.625. The zero-order valence-electron chi connectivity index (χ0n) is 13.2. The summed E-state index contributed by atoms with van der Waals surface area (Å²) in [5.41, 5.74) is 8.16. The highest BCUT2D eigenvalue weighted by atomic mass is 16.5. The number of aryl methyl sites for hydroxylation is 1. The van der Waals surface area contributed by atoms with E-state index in [0.29, 0.717) is 19.8 Å². The van der Waals surface area contributed by atoms with E-state index in [4.69, 9.17) is 19.9 Å². The van der Waals surface area contributed by atoms with E-state index >= 15 is 0 Å². The van der Waals surface area contributed by atoms with E-state index in [2.05, 4.69) is 0 Å². The maximum absolute atomic E-state index is 6.16. The number of rotatable bonds is 7. The van der Waals surface area contributed by atoms with Gasteiger partial charge in [-0.05, 0) is 33.8 Å². The van der Waals surface area contributed by atoms with Crippen LogP contribution >= 0.6 is 0 Å². The summed E-state index contributed by atoms with van der Waals surface area (Å²) in [4.78, 5) is 0. The molecule has 0 bridgehead atoms. The van der Waals surface area contributed by atoms with Gasteiger partial charge in [-0.25, -0.2) is 0 Å². The molecule has 0 saturated heterocycles. The van der Waals surface area contributed by atoms with Crippen molar-refractivity contribution in [2.75, 3.05) is 26.9 Å². The van der Waals surface area contributed by atoms with E-state index < -0.39 is 0 Å². The van der Waals surface area contributed by atoms with Gasteiger partial charge in [-0.1, -0.05) is 17.7 Å². The van der Waals surface area contributed by atoms with Gasteiger partial charge in [-0.2, -0.15) is 0 Å². The molecule has 20 heavy (non-hydrogen) atoms. The molecular formula is C16H27NO3.